The van der Waals surface area contributed by atoms with Gasteiger partial charge in [-0.3, -0.25) is 0 Å². The number of rotatable bonds is 7. The Morgan fingerprint density at radius 3 is 2.44 bits per heavy atom. The van der Waals surface area contributed by atoms with Crippen LogP contribution < -0.4 is 11.2 Å². The fourth-order valence-corrected chi connectivity index (χ4v) is 5.89. The summed E-state index contributed by atoms with van der Waals surface area (Å²) in [6, 6.07) is 19.1. The minimum atomic E-state index is -0.728. The molecule has 1 heterocycles. The third kappa shape index (κ3) is 4.70. The summed E-state index contributed by atoms with van der Waals surface area (Å²) < 4.78 is 19.8. The van der Waals surface area contributed by atoms with Crippen LogP contribution in [0.4, 0.5) is 4.39 Å². The molecule has 3 N–H and O–H groups in total. The number of halogens is 2. The SMILES string of the molecule is CONCc1ccc2c(c1)CCc1cc(C)ccc1C2(CC(N)I)c1nnc(-c2ccc(F)cc2)o1. The first-order valence-corrected chi connectivity index (χ1v) is 13.1. The molecule has 6 nitrogen and oxygen atoms in total. The Balaban J connectivity index is 1.75. The molecule has 0 spiro atoms. The molecule has 1 aliphatic carbocycles. The number of nitrogens with zero attached hydrogens (tertiary/aromatic N) is 2. The minimum Gasteiger partial charge on any atom is -0.419 e. The molecule has 2 atom stereocenters. The molecule has 1 aromatic heterocycles. The second kappa shape index (κ2) is 10.4. The number of aryl methyl sites for hydroxylation is 3. The standard InChI is InChI=1S/C28H28FIN4O2/c1-17-3-11-23-20(13-17)5-6-21-14-18(16-32-35-2)4-12-24(21)28(23,15-25(30)31)27-34-33-26(36-27)19-7-9-22(29)10-8-19/h3-4,7-14,25,32H,5-6,15-16,31H2,1-2H3. The molecule has 1 aliphatic rings. The summed E-state index contributed by atoms with van der Waals surface area (Å²) in [6.07, 6.45) is 2.35. The van der Waals surface area contributed by atoms with Gasteiger partial charge in [-0.05, 0) is 78.3 Å². The lowest BCUT2D eigenvalue weighted by Crippen LogP contribution is -2.36. The zero-order valence-corrected chi connectivity index (χ0v) is 22.4. The van der Waals surface area contributed by atoms with Crippen molar-refractivity contribution in [3.63, 3.8) is 0 Å². The summed E-state index contributed by atoms with van der Waals surface area (Å²) in [4.78, 5) is 5.07. The van der Waals surface area contributed by atoms with E-state index in [1.165, 1.54) is 28.8 Å². The quantitative estimate of drug-likeness (QED) is 0.129. The fraction of sp³-hybridized carbons (Fsp3) is 0.286. The highest BCUT2D eigenvalue weighted by molar-refractivity contribution is 14.1. The van der Waals surface area contributed by atoms with Crippen molar-refractivity contribution in [3.05, 3.63) is 106 Å². The molecule has 0 saturated carbocycles. The fourth-order valence-electron chi connectivity index (χ4n) is 5.23. The average molecular weight is 598 g/mol. The topological polar surface area (TPSA) is 86.2 Å². The Bertz CT molecular complexity index is 1370. The van der Waals surface area contributed by atoms with Crippen LogP contribution in [0.2, 0.25) is 0 Å². The molecule has 2 unspecified atom stereocenters. The first kappa shape index (κ1) is 25.0. The highest BCUT2D eigenvalue weighted by Gasteiger charge is 2.46. The molecular weight excluding hydrogens is 570 g/mol. The molecule has 4 aromatic rings. The van der Waals surface area contributed by atoms with Gasteiger partial charge in [0.1, 0.15) is 11.2 Å². The van der Waals surface area contributed by atoms with Gasteiger partial charge in [0, 0.05) is 12.1 Å². The number of nitrogens with two attached hydrogens (primary N) is 1. The van der Waals surface area contributed by atoms with Crippen LogP contribution in [0, 0.1) is 12.7 Å². The molecule has 186 valence electrons. The Hall–Kier alpha value is -2.66. The summed E-state index contributed by atoms with van der Waals surface area (Å²) >= 11 is 2.27. The number of hydrogen-bond acceptors (Lipinski definition) is 6. The highest BCUT2D eigenvalue weighted by Crippen LogP contribution is 2.48. The smallest absolute Gasteiger partial charge is 0.247 e. The van der Waals surface area contributed by atoms with Crippen molar-refractivity contribution in [2.24, 2.45) is 5.73 Å². The molecule has 36 heavy (non-hydrogen) atoms. The van der Waals surface area contributed by atoms with Crippen molar-refractivity contribution in [1.29, 1.82) is 0 Å². The maximum absolute atomic E-state index is 13.5. The largest absolute Gasteiger partial charge is 0.419 e. The summed E-state index contributed by atoms with van der Waals surface area (Å²) in [6.45, 7) is 2.71. The third-order valence-corrected chi connectivity index (χ3v) is 7.26. The molecular formula is C28H28FIN4O2. The van der Waals surface area contributed by atoms with E-state index in [-0.39, 0.29) is 9.87 Å². The van der Waals surface area contributed by atoms with Crippen LogP contribution >= 0.6 is 22.6 Å². The average Bonchev–Trinajstić information content (AvgIpc) is 3.32. The minimum absolute atomic E-state index is 0.168. The first-order chi connectivity index (χ1) is 17.4. The van der Waals surface area contributed by atoms with Gasteiger partial charge in [0.15, 0.2) is 0 Å². The number of alkyl halides is 1. The second-order valence-corrected chi connectivity index (χ2v) is 10.8. The Morgan fingerprint density at radius 2 is 1.75 bits per heavy atom. The van der Waals surface area contributed by atoms with Crippen LogP contribution in [0.3, 0.4) is 0 Å². The lowest BCUT2D eigenvalue weighted by atomic mass is 9.69. The lowest BCUT2D eigenvalue weighted by molar-refractivity contribution is 0.0867. The molecule has 0 aliphatic heterocycles. The summed E-state index contributed by atoms with van der Waals surface area (Å²) in [5, 5.41) is 8.98. The van der Waals surface area contributed by atoms with E-state index in [0.29, 0.717) is 30.3 Å². The van der Waals surface area contributed by atoms with E-state index in [1.807, 2.05) is 0 Å². The normalized spacial score (nSPS) is 17.8. The van der Waals surface area contributed by atoms with E-state index in [0.717, 1.165) is 29.5 Å². The van der Waals surface area contributed by atoms with E-state index in [2.05, 4.69) is 81.6 Å². The van der Waals surface area contributed by atoms with Crippen molar-refractivity contribution in [2.45, 2.75) is 42.2 Å². The molecule has 3 aromatic carbocycles. The van der Waals surface area contributed by atoms with Gasteiger partial charge in [-0.25, -0.2) is 4.39 Å². The number of aromatic nitrogens is 2. The highest BCUT2D eigenvalue weighted by atomic mass is 127. The van der Waals surface area contributed by atoms with Crippen molar-refractivity contribution in [1.82, 2.24) is 15.7 Å². The number of nitrogens with one attached hydrogen (secondary N) is 1. The zero-order chi connectivity index (χ0) is 25.3. The monoisotopic (exact) mass is 598 g/mol. The van der Waals surface area contributed by atoms with E-state index in [1.54, 1.807) is 19.2 Å². The van der Waals surface area contributed by atoms with Gasteiger partial charge >= 0.3 is 0 Å². The summed E-state index contributed by atoms with van der Waals surface area (Å²) in [5.74, 6) is 0.531. The predicted octanol–water partition coefficient (Wildman–Crippen LogP) is 5.38. The Morgan fingerprint density at radius 1 is 1.06 bits per heavy atom. The number of hydroxylamine groups is 1. The summed E-state index contributed by atoms with van der Waals surface area (Å²) in [5.41, 5.74) is 16.4. The second-order valence-electron chi connectivity index (χ2n) is 9.22. The van der Waals surface area contributed by atoms with Crippen molar-refractivity contribution in [2.75, 3.05) is 7.11 Å². The Kier molecular flexibility index (Phi) is 7.21. The summed E-state index contributed by atoms with van der Waals surface area (Å²) in [7, 11) is 1.61. The van der Waals surface area contributed by atoms with Crippen LogP contribution in [0.25, 0.3) is 11.5 Å². The van der Waals surface area contributed by atoms with Crippen LogP contribution in [0.1, 0.15) is 45.7 Å². The van der Waals surface area contributed by atoms with Crippen LogP contribution in [0.15, 0.2) is 65.1 Å². The van der Waals surface area contributed by atoms with Gasteiger partial charge in [0.05, 0.1) is 11.2 Å². The number of benzene rings is 3. The maximum Gasteiger partial charge on any atom is 0.247 e. The van der Waals surface area contributed by atoms with E-state index >= 15 is 0 Å². The van der Waals surface area contributed by atoms with Gasteiger partial charge < -0.3 is 15.0 Å². The Labute approximate surface area is 223 Å². The van der Waals surface area contributed by atoms with E-state index in [4.69, 9.17) is 15.0 Å². The zero-order valence-electron chi connectivity index (χ0n) is 20.2. The van der Waals surface area contributed by atoms with Crippen molar-refractivity contribution in [3.8, 4) is 11.5 Å². The predicted molar refractivity (Wildman–Crippen MR) is 145 cm³/mol. The van der Waals surface area contributed by atoms with Gasteiger partial charge in [-0.1, -0.05) is 64.6 Å². The molecule has 8 heteroatoms. The number of fused-ring (bicyclic) bond motifs is 2. The molecule has 0 radical (unpaired) electrons. The molecule has 5 rings (SSSR count). The number of hydrogen-bond donors (Lipinski definition) is 2. The van der Waals surface area contributed by atoms with Crippen molar-refractivity contribution >= 4 is 22.6 Å². The maximum atomic E-state index is 13.5. The van der Waals surface area contributed by atoms with Gasteiger partial charge in [0.25, 0.3) is 0 Å². The molecule has 0 fully saturated rings. The molecule has 0 bridgehead atoms. The first-order valence-electron chi connectivity index (χ1n) is 11.9. The van der Waals surface area contributed by atoms with Gasteiger partial charge in [-0.15, -0.1) is 10.2 Å². The third-order valence-electron chi connectivity index (χ3n) is 6.82. The molecule has 0 amide bonds. The molecule has 0 saturated heterocycles. The van der Waals surface area contributed by atoms with Gasteiger partial charge in [-0.2, -0.15) is 5.48 Å². The van der Waals surface area contributed by atoms with Gasteiger partial charge in [0.2, 0.25) is 11.8 Å². The van der Waals surface area contributed by atoms with E-state index < -0.39 is 5.41 Å². The van der Waals surface area contributed by atoms with E-state index in [9.17, 15) is 4.39 Å². The lowest BCUT2D eigenvalue weighted by Gasteiger charge is -2.34. The van der Waals surface area contributed by atoms with Crippen LogP contribution in [-0.4, -0.2) is 21.4 Å². The van der Waals surface area contributed by atoms with Crippen LogP contribution in [-0.2, 0) is 29.6 Å². The van der Waals surface area contributed by atoms with Crippen molar-refractivity contribution < 1.29 is 13.6 Å². The van der Waals surface area contributed by atoms with Crippen LogP contribution in [0.5, 0.6) is 0 Å².